The number of carbonyl (C=O) groups excluding carboxylic acids is 1. The van der Waals surface area contributed by atoms with Crippen molar-refractivity contribution in [1.82, 2.24) is 4.90 Å². The lowest BCUT2D eigenvalue weighted by Crippen LogP contribution is -2.46. The van der Waals surface area contributed by atoms with Crippen LogP contribution in [0.25, 0.3) is 0 Å². The Morgan fingerprint density at radius 3 is 2.45 bits per heavy atom. The summed E-state index contributed by atoms with van der Waals surface area (Å²) in [5, 5.41) is 9.33. The summed E-state index contributed by atoms with van der Waals surface area (Å²) in [7, 11) is 0. The van der Waals surface area contributed by atoms with Gasteiger partial charge in [0.1, 0.15) is 5.82 Å². The average Bonchev–Trinajstić information content (AvgIpc) is 2.40. The average molecular weight is 328 g/mol. The van der Waals surface area contributed by atoms with E-state index in [-0.39, 0.29) is 42.5 Å². The van der Waals surface area contributed by atoms with Crippen molar-refractivity contribution >= 4 is 17.5 Å². The molecule has 1 aromatic rings. The zero-order valence-corrected chi connectivity index (χ0v) is 14.0. The minimum absolute atomic E-state index is 0.0343. The molecule has 1 fully saturated rings. The molecule has 0 spiro atoms. The van der Waals surface area contributed by atoms with Gasteiger partial charge in [-0.1, -0.05) is 25.4 Å². The van der Waals surface area contributed by atoms with E-state index in [9.17, 15) is 9.18 Å². The summed E-state index contributed by atoms with van der Waals surface area (Å²) in [6, 6.07) is 3.16. The topological polar surface area (TPSA) is 40.5 Å². The van der Waals surface area contributed by atoms with Gasteiger partial charge in [-0.25, -0.2) is 4.39 Å². The van der Waals surface area contributed by atoms with Crippen LogP contribution < -0.4 is 0 Å². The summed E-state index contributed by atoms with van der Waals surface area (Å²) in [4.78, 5) is 13.8. The second-order valence-electron chi connectivity index (χ2n) is 6.37. The predicted octanol–water partition coefficient (Wildman–Crippen LogP) is 3.37. The molecule has 3 nitrogen and oxygen atoms in total. The summed E-state index contributed by atoms with van der Waals surface area (Å²) >= 11 is 5.92. The van der Waals surface area contributed by atoms with E-state index in [0.717, 1.165) is 11.1 Å². The van der Waals surface area contributed by atoms with E-state index in [1.807, 2.05) is 20.8 Å². The molecule has 0 aliphatic carbocycles. The molecule has 1 aromatic carbocycles. The molecule has 3 atom stereocenters. The normalized spacial score (nSPS) is 25.4. The number of aliphatic hydroxyl groups excluding tert-OH is 1. The number of aliphatic hydroxyl groups is 1. The first-order chi connectivity index (χ1) is 10.3. The quantitative estimate of drug-likeness (QED) is 0.924. The summed E-state index contributed by atoms with van der Waals surface area (Å²) in [6.45, 7) is 7.03. The standard InChI is InChI=1S/C17H23ClFNO2/c1-10-6-13(18)7-14(19)17(10)16-11(2)8-20(9-12(16)3)15(22)4-5-21/h6-7,11-12,16,21H,4-5,8-9H2,1-3H3/t11-,12+,16?. The third-order valence-corrected chi connectivity index (χ3v) is 4.77. The van der Waals surface area contributed by atoms with Crippen molar-refractivity contribution in [2.45, 2.75) is 33.1 Å². The lowest BCUT2D eigenvalue weighted by atomic mass is 9.73. The van der Waals surface area contributed by atoms with Crippen LogP contribution in [0.3, 0.4) is 0 Å². The van der Waals surface area contributed by atoms with Crippen molar-refractivity contribution in [3.8, 4) is 0 Å². The van der Waals surface area contributed by atoms with Crippen molar-refractivity contribution in [3.63, 3.8) is 0 Å². The predicted molar refractivity (Wildman–Crippen MR) is 85.5 cm³/mol. The van der Waals surface area contributed by atoms with Crippen molar-refractivity contribution in [3.05, 3.63) is 34.1 Å². The van der Waals surface area contributed by atoms with Gasteiger partial charge in [0.2, 0.25) is 5.91 Å². The maximum Gasteiger partial charge on any atom is 0.224 e. The highest BCUT2D eigenvalue weighted by Crippen LogP contribution is 2.40. The molecule has 122 valence electrons. The molecule has 0 bridgehead atoms. The molecule has 1 unspecified atom stereocenters. The van der Waals surface area contributed by atoms with Gasteiger partial charge in [-0.3, -0.25) is 4.79 Å². The first-order valence-electron chi connectivity index (χ1n) is 7.69. The van der Waals surface area contributed by atoms with Crippen LogP contribution in [0.5, 0.6) is 0 Å². The number of benzene rings is 1. The largest absolute Gasteiger partial charge is 0.396 e. The number of rotatable bonds is 3. The van der Waals surface area contributed by atoms with Gasteiger partial charge in [-0.2, -0.15) is 0 Å². The molecule has 1 amide bonds. The third kappa shape index (κ3) is 3.44. The Labute approximate surface area is 136 Å². The van der Waals surface area contributed by atoms with E-state index < -0.39 is 0 Å². The van der Waals surface area contributed by atoms with Crippen LogP contribution in [0.2, 0.25) is 5.02 Å². The first kappa shape index (κ1) is 17.2. The number of carbonyl (C=O) groups is 1. The lowest BCUT2D eigenvalue weighted by molar-refractivity contribution is -0.135. The smallest absolute Gasteiger partial charge is 0.224 e. The fourth-order valence-electron chi connectivity index (χ4n) is 3.72. The number of aryl methyl sites for hydroxylation is 1. The summed E-state index contributed by atoms with van der Waals surface area (Å²) in [6.07, 6.45) is 0.151. The molecule has 1 N–H and O–H groups in total. The van der Waals surface area contributed by atoms with Gasteiger partial charge in [-0.05, 0) is 47.9 Å². The molecular weight excluding hydrogens is 305 g/mol. The summed E-state index contributed by atoms with van der Waals surface area (Å²) in [5.74, 6) is 0.0776. The van der Waals surface area contributed by atoms with Crippen LogP contribution >= 0.6 is 11.6 Å². The Bertz CT molecular complexity index is 529. The number of nitrogens with zero attached hydrogens (tertiary/aromatic N) is 1. The second-order valence-corrected chi connectivity index (χ2v) is 6.81. The highest BCUT2D eigenvalue weighted by Gasteiger charge is 2.36. The molecule has 1 saturated heterocycles. The van der Waals surface area contributed by atoms with Crippen molar-refractivity contribution in [2.24, 2.45) is 11.8 Å². The molecule has 22 heavy (non-hydrogen) atoms. The van der Waals surface area contributed by atoms with Crippen LogP contribution in [0.15, 0.2) is 12.1 Å². The Morgan fingerprint density at radius 2 is 1.95 bits per heavy atom. The van der Waals surface area contributed by atoms with Gasteiger partial charge in [0.25, 0.3) is 0 Å². The molecule has 2 rings (SSSR count). The van der Waals surface area contributed by atoms with Crippen LogP contribution in [-0.2, 0) is 4.79 Å². The fraction of sp³-hybridized carbons (Fsp3) is 0.588. The highest BCUT2D eigenvalue weighted by molar-refractivity contribution is 6.30. The van der Waals surface area contributed by atoms with E-state index in [1.54, 1.807) is 11.0 Å². The van der Waals surface area contributed by atoms with Gasteiger partial charge < -0.3 is 10.0 Å². The van der Waals surface area contributed by atoms with E-state index in [2.05, 4.69) is 0 Å². The van der Waals surface area contributed by atoms with Crippen LogP contribution in [-0.4, -0.2) is 35.6 Å². The molecule has 0 radical (unpaired) electrons. The molecule has 0 aromatic heterocycles. The maximum atomic E-state index is 14.4. The van der Waals surface area contributed by atoms with E-state index in [4.69, 9.17) is 16.7 Å². The highest BCUT2D eigenvalue weighted by atomic mass is 35.5. The Morgan fingerprint density at radius 1 is 1.36 bits per heavy atom. The number of piperidine rings is 1. The number of halogens is 2. The number of hydrogen-bond donors (Lipinski definition) is 1. The molecule has 1 heterocycles. The number of amides is 1. The third-order valence-electron chi connectivity index (χ3n) is 4.56. The van der Waals surface area contributed by atoms with Crippen LogP contribution in [0, 0.1) is 24.6 Å². The molecule has 1 aliphatic heterocycles. The molecule has 5 heteroatoms. The molecule has 1 aliphatic rings. The first-order valence-corrected chi connectivity index (χ1v) is 8.07. The van der Waals surface area contributed by atoms with Gasteiger partial charge >= 0.3 is 0 Å². The molecule has 0 saturated carbocycles. The fourth-order valence-corrected chi connectivity index (χ4v) is 3.98. The van der Waals surface area contributed by atoms with Gasteiger partial charge in [0.15, 0.2) is 0 Å². The van der Waals surface area contributed by atoms with Gasteiger partial charge in [0, 0.05) is 24.5 Å². The monoisotopic (exact) mass is 327 g/mol. The van der Waals surface area contributed by atoms with E-state index >= 15 is 0 Å². The van der Waals surface area contributed by atoms with Crippen molar-refractivity contribution in [1.29, 1.82) is 0 Å². The number of hydrogen-bond acceptors (Lipinski definition) is 2. The minimum Gasteiger partial charge on any atom is -0.396 e. The zero-order valence-electron chi connectivity index (χ0n) is 13.3. The Balaban J connectivity index is 2.26. The summed E-state index contributed by atoms with van der Waals surface area (Å²) < 4.78 is 14.4. The van der Waals surface area contributed by atoms with Crippen molar-refractivity contribution < 1.29 is 14.3 Å². The second kappa shape index (κ2) is 6.97. The lowest BCUT2D eigenvalue weighted by Gasteiger charge is -2.42. The SMILES string of the molecule is Cc1cc(Cl)cc(F)c1C1[C@H](C)CN(C(=O)CCO)C[C@@H]1C. The number of likely N-dealkylation sites (tertiary alicyclic amines) is 1. The van der Waals surface area contributed by atoms with E-state index in [0.29, 0.717) is 18.1 Å². The summed E-state index contributed by atoms with van der Waals surface area (Å²) in [5.41, 5.74) is 1.59. The van der Waals surface area contributed by atoms with E-state index in [1.165, 1.54) is 6.07 Å². The minimum atomic E-state index is -0.260. The Hall–Kier alpha value is -1.13. The van der Waals surface area contributed by atoms with Gasteiger partial charge in [0.05, 0.1) is 6.61 Å². The Kier molecular flexibility index (Phi) is 5.45. The van der Waals surface area contributed by atoms with Gasteiger partial charge in [-0.15, -0.1) is 0 Å². The zero-order chi connectivity index (χ0) is 16.4. The van der Waals surface area contributed by atoms with Crippen molar-refractivity contribution in [2.75, 3.05) is 19.7 Å². The van der Waals surface area contributed by atoms with Crippen LogP contribution in [0.4, 0.5) is 4.39 Å². The molecular formula is C17H23ClFNO2. The van der Waals surface area contributed by atoms with Crippen LogP contribution in [0.1, 0.15) is 37.3 Å². The maximum absolute atomic E-state index is 14.4.